The van der Waals surface area contributed by atoms with Crippen molar-refractivity contribution < 1.29 is 14.6 Å². The van der Waals surface area contributed by atoms with Crippen molar-refractivity contribution in [3.8, 4) is 11.5 Å². The van der Waals surface area contributed by atoms with Gasteiger partial charge in [0.05, 0.1) is 31.6 Å². The molecular weight excluding hydrogens is 268 g/mol. The summed E-state index contributed by atoms with van der Waals surface area (Å²) in [6, 6.07) is 7.60. The highest BCUT2D eigenvalue weighted by molar-refractivity contribution is 5.44. The van der Waals surface area contributed by atoms with Crippen LogP contribution in [0, 0.1) is 13.8 Å². The highest BCUT2D eigenvalue weighted by Crippen LogP contribution is 2.32. The smallest absolute Gasteiger partial charge is 0.161 e. The maximum absolute atomic E-state index is 10.4. The van der Waals surface area contributed by atoms with E-state index in [4.69, 9.17) is 9.47 Å². The third-order valence-corrected chi connectivity index (χ3v) is 3.61. The molecular formula is C16H20N2O3. The largest absolute Gasteiger partial charge is 0.490 e. The molecule has 1 aliphatic heterocycles. The van der Waals surface area contributed by atoms with Crippen LogP contribution in [0.4, 0.5) is 0 Å². The quantitative estimate of drug-likeness (QED) is 0.942. The van der Waals surface area contributed by atoms with E-state index in [0.29, 0.717) is 25.5 Å². The maximum atomic E-state index is 10.4. The van der Waals surface area contributed by atoms with Crippen LogP contribution in [0.3, 0.4) is 0 Å². The van der Waals surface area contributed by atoms with Crippen LogP contribution in [0.2, 0.25) is 0 Å². The molecule has 0 bridgehead atoms. The molecule has 0 saturated carbocycles. The van der Waals surface area contributed by atoms with Crippen LogP contribution >= 0.6 is 0 Å². The predicted molar refractivity (Wildman–Crippen MR) is 78.7 cm³/mol. The molecule has 21 heavy (non-hydrogen) atoms. The van der Waals surface area contributed by atoms with Gasteiger partial charge in [-0.2, -0.15) is 5.10 Å². The zero-order valence-corrected chi connectivity index (χ0v) is 12.4. The zero-order valence-electron chi connectivity index (χ0n) is 12.4. The second-order valence-corrected chi connectivity index (χ2v) is 5.38. The van der Waals surface area contributed by atoms with Gasteiger partial charge in [0.2, 0.25) is 0 Å². The van der Waals surface area contributed by atoms with Crippen molar-refractivity contribution in [3.05, 3.63) is 41.2 Å². The van der Waals surface area contributed by atoms with Crippen LogP contribution in [-0.2, 0) is 6.54 Å². The van der Waals surface area contributed by atoms with E-state index >= 15 is 0 Å². The van der Waals surface area contributed by atoms with E-state index < -0.39 is 6.10 Å². The van der Waals surface area contributed by atoms with Crippen LogP contribution < -0.4 is 9.47 Å². The fourth-order valence-electron chi connectivity index (χ4n) is 2.52. The van der Waals surface area contributed by atoms with Gasteiger partial charge in [0.1, 0.15) is 0 Å². The lowest BCUT2D eigenvalue weighted by Gasteiger charge is -2.15. The second kappa shape index (κ2) is 5.77. The van der Waals surface area contributed by atoms with E-state index in [1.54, 1.807) is 0 Å². The van der Waals surface area contributed by atoms with E-state index in [1.165, 1.54) is 0 Å². The van der Waals surface area contributed by atoms with Gasteiger partial charge in [-0.05, 0) is 37.6 Å². The molecule has 1 unspecified atom stereocenters. The molecule has 1 atom stereocenters. The molecule has 0 aliphatic carbocycles. The summed E-state index contributed by atoms with van der Waals surface area (Å²) in [4.78, 5) is 0. The summed E-state index contributed by atoms with van der Waals surface area (Å²) < 4.78 is 13.1. The van der Waals surface area contributed by atoms with Gasteiger partial charge in [-0.25, -0.2) is 0 Å². The number of aliphatic hydroxyl groups is 1. The van der Waals surface area contributed by atoms with E-state index in [9.17, 15) is 5.11 Å². The first-order valence-corrected chi connectivity index (χ1v) is 7.22. The van der Waals surface area contributed by atoms with Gasteiger partial charge in [-0.1, -0.05) is 6.07 Å². The topological polar surface area (TPSA) is 56.5 Å². The number of rotatable bonds is 3. The van der Waals surface area contributed by atoms with E-state index in [2.05, 4.69) is 5.10 Å². The van der Waals surface area contributed by atoms with Crippen molar-refractivity contribution >= 4 is 0 Å². The van der Waals surface area contributed by atoms with Gasteiger partial charge < -0.3 is 14.6 Å². The number of hydrogen-bond acceptors (Lipinski definition) is 4. The summed E-state index contributed by atoms with van der Waals surface area (Å²) in [5.74, 6) is 1.45. The van der Waals surface area contributed by atoms with Crippen molar-refractivity contribution in [1.29, 1.82) is 0 Å². The number of aliphatic hydroxyl groups excluding tert-OH is 1. The predicted octanol–water partition coefficient (Wildman–Crippen LogP) is 2.39. The first-order chi connectivity index (χ1) is 10.1. The van der Waals surface area contributed by atoms with Crippen LogP contribution in [0.25, 0.3) is 0 Å². The lowest BCUT2D eigenvalue weighted by atomic mass is 10.1. The molecule has 1 N–H and O–H groups in total. The standard InChI is InChI=1S/C16H20N2O3/c1-11-8-12(2)18(17-11)10-14(19)13-4-5-15-16(9-13)21-7-3-6-20-15/h4-5,8-9,14,19H,3,6-7,10H2,1-2H3. The SMILES string of the molecule is Cc1cc(C)n(CC(O)c2ccc3c(c2)OCCCO3)n1. The third kappa shape index (κ3) is 3.03. The highest BCUT2D eigenvalue weighted by Gasteiger charge is 2.16. The van der Waals surface area contributed by atoms with Crippen molar-refractivity contribution in [1.82, 2.24) is 9.78 Å². The fraction of sp³-hybridized carbons (Fsp3) is 0.438. The minimum atomic E-state index is -0.625. The number of aryl methyl sites for hydroxylation is 2. The molecule has 1 aromatic heterocycles. The normalized spacial score (nSPS) is 15.6. The fourth-order valence-corrected chi connectivity index (χ4v) is 2.52. The number of ether oxygens (including phenoxy) is 2. The summed E-state index contributed by atoms with van der Waals surface area (Å²) in [5.41, 5.74) is 2.81. The lowest BCUT2D eigenvalue weighted by molar-refractivity contribution is 0.150. The lowest BCUT2D eigenvalue weighted by Crippen LogP contribution is -2.11. The first-order valence-electron chi connectivity index (χ1n) is 7.22. The summed E-state index contributed by atoms with van der Waals surface area (Å²) in [6.07, 6.45) is 0.248. The molecule has 0 saturated heterocycles. The van der Waals surface area contributed by atoms with Crippen LogP contribution in [0.15, 0.2) is 24.3 Å². The Hall–Kier alpha value is -2.01. The highest BCUT2D eigenvalue weighted by atomic mass is 16.5. The summed E-state index contributed by atoms with van der Waals surface area (Å²) >= 11 is 0. The van der Waals surface area contributed by atoms with Crippen molar-refractivity contribution in [2.75, 3.05) is 13.2 Å². The molecule has 2 aromatic rings. The molecule has 1 aliphatic rings. The average Bonchev–Trinajstić information content (AvgIpc) is 2.67. The number of aromatic nitrogens is 2. The maximum Gasteiger partial charge on any atom is 0.161 e. The van der Waals surface area contributed by atoms with Crippen LogP contribution in [0.5, 0.6) is 11.5 Å². The Labute approximate surface area is 124 Å². The average molecular weight is 288 g/mol. The summed E-state index contributed by atoms with van der Waals surface area (Å²) in [6.45, 7) is 5.67. The first kappa shape index (κ1) is 13.9. The van der Waals surface area contributed by atoms with Gasteiger partial charge in [-0.15, -0.1) is 0 Å². The molecule has 112 valence electrons. The van der Waals surface area contributed by atoms with Crippen LogP contribution in [-0.4, -0.2) is 28.1 Å². The van der Waals surface area contributed by atoms with Gasteiger partial charge >= 0.3 is 0 Å². The molecule has 3 rings (SSSR count). The van der Waals surface area contributed by atoms with Gasteiger partial charge in [0, 0.05) is 12.1 Å². The Morgan fingerprint density at radius 2 is 1.95 bits per heavy atom. The molecule has 2 heterocycles. The van der Waals surface area contributed by atoms with Crippen molar-refractivity contribution in [2.45, 2.75) is 32.9 Å². The van der Waals surface area contributed by atoms with Crippen LogP contribution in [0.1, 0.15) is 29.5 Å². The van der Waals surface area contributed by atoms with Crippen molar-refractivity contribution in [3.63, 3.8) is 0 Å². The molecule has 1 aromatic carbocycles. The Balaban J connectivity index is 1.80. The summed E-state index contributed by atoms with van der Waals surface area (Å²) in [7, 11) is 0. The zero-order chi connectivity index (χ0) is 14.8. The Bertz CT molecular complexity index is 636. The monoisotopic (exact) mass is 288 g/mol. The van der Waals surface area contributed by atoms with E-state index in [0.717, 1.165) is 29.1 Å². The van der Waals surface area contributed by atoms with Gasteiger partial charge in [0.15, 0.2) is 11.5 Å². The number of benzene rings is 1. The Kier molecular flexibility index (Phi) is 3.84. The molecule has 0 fully saturated rings. The molecule has 5 heteroatoms. The van der Waals surface area contributed by atoms with E-state index in [1.807, 2.05) is 42.8 Å². The minimum absolute atomic E-state index is 0.430. The molecule has 0 amide bonds. The number of hydrogen-bond donors (Lipinski definition) is 1. The van der Waals surface area contributed by atoms with Gasteiger partial charge in [0.25, 0.3) is 0 Å². The third-order valence-electron chi connectivity index (χ3n) is 3.61. The number of fused-ring (bicyclic) bond motifs is 1. The van der Waals surface area contributed by atoms with E-state index in [-0.39, 0.29) is 0 Å². The van der Waals surface area contributed by atoms with Crippen molar-refractivity contribution in [2.24, 2.45) is 0 Å². The molecule has 0 radical (unpaired) electrons. The second-order valence-electron chi connectivity index (χ2n) is 5.38. The Morgan fingerprint density at radius 3 is 2.67 bits per heavy atom. The molecule has 5 nitrogen and oxygen atoms in total. The Morgan fingerprint density at radius 1 is 1.19 bits per heavy atom. The number of nitrogens with zero attached hydrogens (tertiary/aromatic N) is 2. The minimum Gasteiger partial charge on any atom is -0.490 e. The summed E-state index contributed by atoms with van der Waals surface area (Å²) in [5, 5.41) is 14.8. The van der Waals surface area contributed by atoms with Gasteiger partial charge in [-0.3, -0.25) is 4.68 Å². The molecule has 0 spiro atoms.